The third-order valence-electron chi connectivity index (χ3n) is 0. The van der Waals surface area contributed by atoms with Crippen LogP contribution < -0.4 is 29.6 Å². The molecule has 0 heterocycles. The molecular formula is CH5CrNaO4. The molecule has 4 N–H and O–H groups in total. The van der Waals surface area contributed by atoms with E-state index in [0.29, 0.717) is 0 Å². The molecule has 0 rings (SSSR count). The molecule has 0 fully saturated rings. The zero-order chi connectivity index (χ0) is 3.58. The Morgan fingerprint density at radius 1 is 1.43 bits per heavy atom. The van der Waals surface area contributed by atoms with Crippen LogP contribution in [-0.4, -0.2) is 21.8 Å². The van der Waals surface area contributed by atoms with Gasteiger partial charge >= 0.3 is 35.7 Å². The van der Waals surface area contributed by atoms with Gasteiger partial charge in [-0.3, -0.25) is 0 Å². The molecule has 0 saturated carbocycles. The van der Waals surface area contributed by atoms with Gasteiger partial charge in [0.15, 0.2) is 0 Å². The second-order valence-corrected chi connectivity index (χ2v) is 0.283. The average molecular weight is 156 g/mol. The van der Waals surface area contributed by atoms with Gasteiger partial charge in [0.1, 0.15) is 0 Å². The van der Waals surface area contributed by atoms with Crippen molar-refractivity contribution in [3.8, 4) is 0 Å². The van der Waals surface area contributed by atoms with E-state index < -0.39 is 6.16 Å². The van der Waals surface area contributed by atoms with Gasteiger partial charge in [-0.1, -0.05) is 0 Å². The van der Waals surface area contributed by atoms with Gasteiger partial charge in [0.05, 0.1) is 0 Å². The minimum absolute atomic E-state index is 0. The average Bonchev–Trinajstić information content (AvgIpc) is 0.811. The summed E-state index contributed by atoms with van der Waals surface area (Å²) < 4.78 is 0. The van der Waals surface area contributed by atoms with Crippen LogP contribution in [0.5, 0.6) is 0 Å². The Bertz CT molecular complexity index is 39.0. The van der Waals surface area contributed by atoms with Gasteiger partial charge in [-0.2, -0.15) is 0 Å². The molecule has 7 heavy (non-hydrogen) atoms. The summed E-state index contributed by atoms with van der Waals surface area (Å²) in [6.45, 7) is 0. The molecule has 0 amide bonds. The summed E-state index contributed by atoms with van der Waals surface area (Å²) in [5.74, 6) is 0. The number of hydrogen-bond donors (Lipinski definition) is 2. The summed E-state index contributed by atoms with van der Waals surface area (Å²) in [6, 6.07) is 0. The zero-order valence-electron chi connectivity index (χ0n) is 4.71. The molecule has 0 aromatic carbocycles. The first-order chi connectivity index (χ1) is 1.73. The second-order valence-electron chi connectivity index (χ2n) is 0.283. The predicted octanol–water partition coefficient (Wildman–Crippen LogP) is -3.49. The van der Waals surface area contributed by atoms with E-state index in [0.717, 1.165) is 0 Å². The fraction of sp³-hybridized carbons (Fsp3) is 0. The van der Waals surface area contributed by atoms with Crippen molar-refractivity contribution >= 4 is 6.16 Å². The molecule has 0 unspecified atom stereocenters. The molecule has 0 saturated heterocycles. The molecule has 0 aliphatic carbocycles. The van der Waals surface area contributed by atoms with Gasteiger partial charge in [-0.15, -0.1) is 0 Å². The van der Waals surface area contributed by atoms with Crippen molar-refractivity contribution in [2.24, 2.45) is 0 Å². The van der Waals surface area contributed by atoms with Crippen LogP contribution in [0.4, 0.5) is 4.79 Å². The maximum absolute atomic E-state index is 8.56. The molecule has 6 heteroatoms. The molecule has 0 atom stereocenters. The van der Waals surface area contributed by atoms with E-state index in [4.69, 9.17) is 15.0 Å². The molecule has 0 aromatic rings. The molecule has 40 valence electrons. The molecule has 0 spiro atoms. The van der Waals surface area contributed by atoms with Crippen LogP contribution in [0.25, 0.3) is 0 Å². The maximum Gasteiger partial charge on any atom is 1.00 e. The maximum atomic E-state index is 8.56. The number of carbonyl (C=O) groups is 1. The van der Waals surface area contributed by atoms with Crippen LogP contribution >= 0.6 is 0 Å². The van der Waals surface area contributed by atoms with E-state index in [1.807, 2.05) is 0 Å². The van der Waals surface area contributed by atoms with Crippen molar-refractivity contribution in [2.45, 2.75) is 0 Å². The van der Waals surface area contributed by atoms with E-state index in [1.165, 1.54) is 0 Å². The Balaban J connectivity index is -0.00000000750. The Morgan fingerprint density at radius 3 is 1.43 bits per heavy atom. The van der Waals surface area contributed by atoms with Crippen molar-refractivity contribution in [1.29, 1.82) is 0 Å². The molecule has 4 nitrogen and oxygen atoms in total. The number of carboxylic acid groups (broad SMARTS) is 2. The van der Waals surface area contributed by atoms with Crippen molar-refractivity contribution < 1.29 is 68.8 Å². The van der Waals surface area contributed by atoms with Crippen LogP contribution in [0.1, 0.15) is 1.43 Å². The summed E-state index contributed by atoms with van der Waals surface area (Å²) in [7, 11) is 0. The number of hydrogen-bond acceptors (Lipinski definition) is 1. The summed E-state index contributed by atoms with van der Waals surface area (Å²) in [4.78, 5) is 8.56. The molecule has 0 aliphatic rings. The fourth-order valence-corrected chi connectivity index (χ4v) is 0. The summed E-state index contributed by atoms with van der Waals surface area (Å²) >= 11 is 0. The quantitative estimate of drug-likeness (QED) is 0.357. The standard InChI is InChI=1S/CH2O3.Cr.Na.H2O.H/c2-1(3)4;;;;/h(H2,2,3,4);;;1H2;/q;;+1;;-1. The first kappa shape index (κ1) is 25.1. The molecule has 0 radical (unpaired) electrons. The summed E-state index contributed by atoms with van der Waals surface area (Å²) in [5, 5.41) is 13.9. The second kappa shape index (κ2) is 15.9. The van der Waals surface area contributed by atoms with Crippen molar-refractivity contribution in [3.05, 3.63) is 0 Å². The van der Waals surface area contributed by atoms with Crippen molar-refractivity contribution in [2.75, 3.05) is 0 Å². The first-order valence-electron chi connectivity index (χ1n) is 0.651. The van der Waals surface area contributed by atoms with E-state index in [9.17, 15) is 0 Å². The van der Waals surface area contributed by atoms with Gasteiger partial charge in [-0.05, 0) is 0 Å². The van der Waals surface area contributed by atoms with Crippen LogP contribution in [0.2, 0.25) is 0 Å². The first-order valence-corrected chi connectivity index (χ1v) is 0.651. The molecule has 0 aliphatic heterocycles. The Hall–Kier alpha value is 0.762. The van der Waals surface area contributed by atoms with Gasteiger partial charge in [0.25, 0.3) is 0 Å². The van der Waals surface area contributed by atoms with E-state index >= 15 is 0 Å². The fourth-order valence-electron chi connectivity index (χ4n) is 0. The van der Waals surface area contributed by atoms with Crippen LogP contribution in [0.15, 0.2) is 0 Å². The SMILES string of the molecule is O.O=C(O)O.[Cr].[H-].[Na+]. The summed E-state index contributed by atoms with van der Waals surface area (Å²) in [5.41, 5.74) is 0. The molecular weight excluding hydrogens is 151 g/mol. The Labute approximate surface area is 74.7 Å². The largest absolute Gasteiger partial charge is 1.00 e. The van der Waals surface area contributed by atoms with Crippen LogP contribution in [0, 0.1) is 0 Å². The minimum atomic E-state index is -1.83. The topological polar surface area (TPSA) is 89.0 Å². The minimum Gasteiger partial charge on any atom is -1.00 e. The van der Waals surface area contributed by atoms with Crippen LogP contribution in [-0.2, 0) is 17.4 Å². The van der Waals surface area contributed by atoms with E-state index in [1.54, 1.807) is 0 Å². The van der Waals surface area contributed by atoms with E-state index in [2.05, 4.69) is 0 Å². The summed E-state index contributed by atoms with van der Waals surface area (Å²) in [6.07, 6.45) is -1.83. The molecule has 0 bridgehead atoms. The Kier molecular flexibility index (Phi) is 56.8. The van der Waals surface area contributed by atoms with Gasteiger partial charge in [-0.25, -0.2) is 4.79 Å². The van der Waals surface area contributed by atoms with Gasteiger partial charge in [0, 0.05) is 17.4 Å². The smallest absolute Gasteiger partial charge is 1.00 e. The normalized spacial score (nSPS) is 3.43. The van der Waals surface area contributed by atoms with Crippen molar-refractivity contribution in [1.82, 2.24) is 0 Å². The Morgan fingerprint density at radius 2 is 1.43 bits per heavy atom. The van der Waals surface area contributed by atoms with Gasteiger partial charge < -0.3 is 17.1 Å². The zero-order valence-corrected chi connectivity index (χ0v) is 6.99. The number of rotatable bonds is 0. The monoisotopic (exact) mass is 156 g/mol. The predicted molar refractivity (Wildman–Crippen MR) is 15.4 cm³/mol. The van der Waals surface area contributed by atoms with Crippen molar-refractivity contribution in [3.63, 3.8) is 0 Å². The van der Waals surface area contributed by atoms with Crippen LogP contribution in [0.3, 0.4) is 0 Å². The van der Waals surface area contributed by atoms with Gasteiger partial charge in [0.2, 0.25) is 0 Å². The third-order valence-corrected chi connectivity index (χ3v) is 0. The third kappa shape index (κ3) is 264. The van der Waals surface area contributed by atoms with E-state index in [-0.39, 0.29) is 53.8 Å². The molecule has 0 aromatic heterocycles.